The number of fused-ring (bicyclic) bond motifs is 1. The van der Waals surface area contributed by atoms with Gasteiger partial charge in [-0.25, -0.2) is 4.98 Å². The smallest absolute Gasteiger partial charge is 0.222 e. The number of piperazine rings is 1. The standard InChI is InChI=1S/C26H41N9O3/c1-5-6-18(7-12-36)30-24-23-20(31-25(27)32-24)15-29-35(23)16-21-22(38-4)13-19(14-28-21)34-10-8-33(9-11-34)17-26(2,3)37/h13-15,18,36-37H,5-12,16-17H2,1-4H3,(H3,27,30,31,32)/t18-/m0/s1. The van der Waals surface area contributed by atoms with Gasteiger partial charge in [0, 0.05) is 51.4 Å². The second-order valence-corrected chi connectivity index (χ2v) is 10.5. The maximum absolute atomic E-state index is 10.1. The summed E-state index contributed by atoms with van der Waals surface area (Å²) >= 11 is 0. The van der Waals surface area contributed by atoms with Crippen LogP contribution < -0.4 is 20.7 Å². The lowest BCUT2D eigenvalue weighted by Gasteiger charge is -2.38. The third-order valence-electron chi connectivity index (χ3n) is 6.74. The van der Waals surface area contributed by atoms with Crippen LogP contribution in [0.4, 0.5) is 17.5 Å². The first kappa shape index (κ1) is 27.8. The molecule has 0 aliphatic carbocycles. The quantitative estimate of drug-likeness (QED) is 0.272. The summed E-state index contributed by atoms with van der Waals surface area (Å²) in [5, 5.41) is 27.6. The molecular formula is C26H41N9O3. The zero-order chi connectivity index (χ0) is 27.3. The second-order valence-electron chi connectivity index (χ2n) is 10.5. The number of aliphatic hydroxyl groups is 2. The van der Waals surface area contributed by atoms with Gasteiger partial charge in [-0.15, -0.1) is 0 Å². The molecule has 1 aliphatic rings. The molecule has 0 bridgehead atoms. The van der Waals surface area contributed by atoms with E-state index in [1.807, 2.05) is 26.1 Å². The van der Waals surface area contributed by atoms with Gasteiger partial charge in [0.05, 0.1) is 37.3 Å². The molecule has 0 saturated carbocycles. The number of aromatic nitrogens is 5. The molecule has 5 N–H and O–H groups in total. The van der Waals surface area contributed by atoms with Gasteiger partial charge in [0.1, 0.15) is 22.5 Å². The Balaban J connectivity index is 1.54. The maximum atomic E-state index is 10.1. The van der Waals surface area contributed by atoms with Crippen molar-refractivity contribution in [3.05, 3.63) is 24.2 Å². The maximum Gasteiger partial charge on any atom is 0.222 e. The average Bonchev–Trinajstić information content (AvgIpc) is 3.26. The number of hydrogen-bond donors (Lipinski definition) is 4. The molecule has 38 heavy (non-hydrogen) atoms. The van der Waals surface area contributed by atoms with Gasteiger partial charge in [0.25, 0.3) is 0 Å². The molecule has 0 radical (unpaired) electrons. The average molecular weight is 528 g/mol. The van der Waals surface area contributed by atoms with Crippen LogP contribution in [0, 0.1) is 0 Å². The van der Waals surface area contributed by atoms with E-state index in [1.54, 1.807) is 18.0 Å². The number of pyridine rings is 1. The molecular weight excluding hydrogens is 486 g/mol. The Morgan fingerprint density at radius 1 is 1.16 bits per heavy atom. The van der Waals surface area contributed by atoms with Crippen molar-refractivity contribution in [3.8, 4) is 5.75 Å². The van der Waals surface area contributed by atoms with Crippen LogP contribution in [0.3, 0.4) is 0 Å². The largest absolute Gasteiger partial charge is 0.495 e. The summed E-state index contributed by atoms with van der Waals surface area (Å²) < 4.78 is 7.54. The van der Waals surface area contributed by atoms with Gasteiger partial charge in [-0.2, -0.15) is 10.1 Å². The molecule has 0 amide bonds. The summed E-state index contributed by atoms with van der Waals surface area (Å²) in [5.74, 6) is 1.44. The molecule has 1 atom stereocenters. The topological polar surface area (TPSA) is 151 Å². The van der Waals surface area contributed by atoms with Crippen molar-refractivity contribution in [2.45, 2.75) is 58.2 Å². The fourth-order valence-electron chi connectivity index (χ4n) is 5.01. The van der Waals surface area contributed by atoms with E-state index in [-0.39, 0.29) is 18.6 Å². The predicted molar refractivity (Wildman–Crippen MR) is 149 cm³/mol. The van der Waals surface area contributed by atoms with Crippen molar-refractivity contribution in [1.82, 2.24) is 29.6 Å². The number of ether oxygens (including phenoxy) is 1. The minimum absolute atomic E-state index is 0.0571. The summed E-state index contributed by atoms with van der Waals surface area (Å²) in [7, 11) is 1.65. The zero-order valence-corrected chi connectivity index (χ0v) is 22.9. The van der Waals surface area contributed by atoms with Gasteiger partial charge in [0.15, 0.2) is 5.82 Å². The van der Waals surface area contributed by atoms with Gasteiger partial charge in [-0.3, -0.25) is 14.6 Å². The van der Waals surface area contributed by atoms with Crippen LogP contribution in [0.25, 0.3) is 11.0 Å². The highest BCUT2D eigenvalue weighted by molar-refractivity contribution is 5.86. The SMILES string of the molecule is CCC[C@@H](CCO)Nc1nc(N)nc2cnn(Cc3ncc(N4CCN(CC(C)(C)O)CC4)cc3OC)c12. The van der Waals surface area contributed by atoms with E-state index in [0.29, 0.717) is 36.6 Å². The molecule has 1 aliphatic heterocycles. The van der Waals surface area contributed by atoms with Crippen LogP contribution in [0.15, 0.2) is 18.5 Å². The molecule has 0 aromatic carbocycles. The number of nitrogen functional groups attached to an aromatic ring is 1. The number of nitrogens with two attached hydrogens (primary N) is 1. The number of anilines is 3. The molecule has 1 fully saturated rings. The van der Waals surface area contributed by atoms with Crippen molar-refractivity contribution in [2.24, 2.45) is 0 Å². The van der Waals surface area contributed by atoms with E-state index < -0.39 is 5.60 Å². The van der Waals surface area contributed by atoms with E-state index in [9.17, 15) is 10.2 Å². The summed E-state index contributed by atoms with van der Waals surface area (Å²) in [6, 6.07) is 2.08. The Morgan fingerprint density at radius 3 is 2.58 bits per heavy atom. The Morgan fingerprint density at radius 2 is 1.92 bits per heavy atom. The van der Waals surface area contributed by atoms with Crippen molar-refractivity contribution >= 4 is 28.5 Å². The number of rotatable bonds is 12. The van der Waals surface area contributed by atoms with Crippen LogP contribution in [-0.2, 0) is 6.54 Å². The fourth-order valence-corrected chi connectivity index (χ4v) is 5.01. The molecule has 208 valence electrons. The minimum atomic E-state index is -0.701. The highest BCUT2D eigenvalue weighted by Gasteiger charge is 2.24. The van der Waals surface area contributed by atoms with Crippen molar-refractivity contribution in [3.63, 3.8) is 0 Å². The minimum Gasteiger partial charge on any atom is -0.495 e. The van der Waals surface area contributed by atoms with Crippen molar-refractivity contribution in [1.29, 1.82) is 0 Å². The Kier molecular flexibility index (Phi) is 8.85. The van der Waals surface area contributed by atoms with E-state index >= 15 is 0 Å². The second kappa shape index (κ2) is 12.1. The number of nitrogens with zero attached hydrogens (tertiary/aromatic N) is 7. The number of aliphatic hydroxyl groups excluding tert-OH is 1. The number of β-amino-alcohol motifs (C(OH)–C–C–N with tert-alkyl or cyclic N) is 1. The molecule has 12 heteroatoms. The summed E-state index contributed by atoms with van der Waals surface area (Å²) in [5.41, 5.74) is 8.39. The normalized spacial score (nSPS) is 15.7. The monoisotopic (exact) mass is 527 g/mol. The Bertz CT molecular complexity index is 1200. The molecule has 0 spiro atoms. The van der Waals surface area contributed by atoms with Gasteiger partial charge < -0.3 is 30.9 Å². The Labute approximate surface area is 223 Å². The van der Waals surface area contributed by atoms with Gasteiger partial charge in [0.2, 0.25) is 5.95 Å². The van der Waals surface area contributed by atoms with Gasteiger partial charge in [-0.1, -0.05) is 13.3 Å². The van der Waals surface area contributed by atoms with E-state index in [2.05, 4.69) is 37.1 Å². The highest BCUT2D eigenvalue weighted by Crippen LogP contribution is 2.28. The first-order valence-electron chi connectivity index (χ1n) is 13.3. The van der Waals surface area contributed by atoms with E-state index in [0.717, 1.165) is 55.9 Å². The zero-order valence-electron chi connectivity index (χ0n) is 22.9. The van der Waals surface area contributed by atoms with E-state index in [4.69, 9.17) is 15.5 Å². The highest BCUT2D eigenvalue weighted by atomic mass is 16.5. The van der Waals surface area contributed by atoms with Crippen LogP contribution >= 0.6 is 0 Å². The first-order chi connectivity index (χ1) is 18.2. The summed E-state index contributed by atoms with van der Waals surface area (Å²) in [4.78, 5) is 18.1. The third-order valence-corrected chi connectivity index (χ3v) is 6.74. The lowest BCUT2D eigenvalue weighted by molar-refractivity contribution is 0.0345. The summed E-state index contributed by atoms with van der Waals surface area (Å²) in [6.07, 6.45) is 6.02. The molecule has 0 unspecified atom stereocenters. The van der Waals surface area contributed by atoms with Gasteiger partial charge >= 0.3 is 0 Å². The molecule has 4 rings (SSSR count). The van der Waals surface area contributed by atoms with Crippen molar-refractivity contribution in [2.75, 3.05) is 62.4 Å². The molecule has 4 heterocycles. The first-order valence-corrected chi connectivity index (χ1v) is 13.3. The number of hydrogen-bond acceptors (Lipinski definition) is 11. The lowest BCUT2D eigenvalue weighted by atomic mass is 10.1. The predicted octanol–water partition coefficient (Wildman–Crippen LogP) is 1.72. The Hall–Kier alpha value is -3.22. The van der Waals surface area contributed by atoms with Crippen molar-refractivity contribution < 1.29 is 14.9 Å². The van der Waals surface area contributed by atoms with Crippen LogP contribution in [-0.4, -0.2) is 97.9 Å². The van der Waals surface area contributed by atoms with Gasteiger partial charge in [-0.05, 0) is 26.7 Å². The summed E-state index contributed by atoms with van der Waals surface area (Å²) in [6.45, 7) is 10.4. The lowest BCUT2D eigenvalue weighted by Crippen LogP contribution is -2.50. The number of nitrogens with one attached hydrogen (secondary N) is 1. The van der Waals surface area contributed by atoms with Crippen LogP contribution in [0.2, 0.25) is 0 Å². The number of methoxy groups -OCH3 is 1. The third kappa shape index (κ3) is 6.80. The molecule has 3 aromatic rings. The molecule has 12 nitrogen and oxygen atoms in total. The fraction of sp³-hybridized carbons (Fsp3) is 0.615. The molecule has 1 saturated heterocycles. The van der Waals surface area contributed by atoms with Crippen LogP contribution in [0.5, 0.6) is 5.75 Å². The molecule has 3 aromatic heterocycles. The van der Waals surface area contributed by atoms with Crippen LogP contribution in [0.1, 0.15) is 45.7 Å². The van der Waals surface area contributed by atoms with E-state index in [1.165, 1.54) is 0 Å².